The highest BCUT2D eigenvalue weighted by Gasteiger charge is 2.50. The summed E-state index contributed by atoms with van der Waals surface area (Å²) in [5, 5.41) is 3.01. The van der Waals surface area contributed by atoms with Gasteiger partial charge >= 0.3 is 0 Å². The van der Waals surface area contributed by atoms with E-state index in [1.807, 2.05) is 18.2 Å². The van der Waals surface area contributed by atoms with E-state index in [1.54, 1.807) is 26.4 Å². The molecule has 132 valence electrons. The Morgan fingerprint density at radius 2 is 1.84 bits per heavy atom. The SMILES string of the molecule is COc1cccc(CCNC(=O)C2(c3ccc(F)cc3)CC2)c1OC. The van der Waals surface area contributed by atoms with Gasteiger partial charge in [-0.05, 0) is 48.6 Å². The third-order valence-electron chi connectivity index (χ3n) is 4.75. The Hall–Kier alpha value is -2.56. The van der Waals surface area contributed by atoms with Gasteiger partial charge < -0.3 is 14.8 Å². The van der Waals surface area contributed by atoms with Gasteiger partial charge in [-0.2, -0.15) is 0 Å². The van der Waals surface area contributed by atoms with Gasteiger partial charge in [-0.25, -0.2) is 4.39 Å². The zero-order chi connectivity index (χ0) is 17.9. The molecule has 0 radical (unpaired) electrons. The molecule has 1 saturated carbocycles. The predicted molar refractivity (Wildman–Crippen MR) is 93.6 cm³/mol. The van der Waals surface area contributed by atoms with Gasteiger partial charge in [-0.1, -0.05) is 24.3 Å². The van der Waals surface area contributed by atoms with Gasteiger partial charge in [-0.15, -0.1) is 0 Å². The predicted octanol–water partition coefficient (Wildman–Crippen LogP) is 3.23. The molecule has 0 aliphatic heterocycles. The molecule has 0 saturated heterocycles. The number of methoxy groups -OCH3 is 2. The summed E-state index contributed by atoms with van der Waals surface area (Å²) in [6, 6.07) is 11.9. The second-order valence-electron chi connectivity index (χ2n) is 6.25. The van der Waals surface area contributed by atoms with Crippen LogP contribution in [0.4, 0.5) is 4.39 Å². The van der Waals surface area contributed by atoms with E-state index in [-0.39, 0.29) is 11.7 Å². The van der Waals surface area contributed by atoms with E-state index in [0.29, 0.717) is 24.5 Å². The van der Waals surface area contributed by atoms with Gasteiger partial charge in [0.15, 0.2) is 11.5 Å². The fourth-order valence-corrected chi connectivity index (χ4v) is 3.17. The quantitative estimate of drug-likeness (QED) is 0.840. The van der Waals surface area contributed by atoms with Gasteiger partial charge in [0.25, 0.3) is 0 Å². The first-order valence-electron chi connectivity index (χ1n) is 8.35. The lowest BCUT2D eigenvalue weighted by molar-refractivity contribution is -0.123. The second-order valence-corrected chi connectivity index (χ2v) is 6.25. The minimum atomic E-state index is -0.494. The maximum atomic E-state index is 13.1. The Balaban J connectivity index is 1.63. The first-order chi connectivity index (χ1) is 12.1. The topological polar surface area (TPSA) is 47.6 Å². The van der Waals surface area contributed by atoms with Crippen molar-refractivity contribution in [3.63, 3.8) is 0 Å². The van der Waals surface area contributed by atoms with Crippen molar-refractivity contribution in [3.05, 3.63) is 59.4 Å². The highest BCUT2D eigenvalue weighted by atomic mass is 19.1. The summed E-state index contributed by atoms with van der Waals surface area (Å²) in [5.74, 6) is 1.08. The van der Waals surface area contributed by atoms with Crippen molar-refractivity contribution >= 4 is 5.91 Å². The van der Waals surface area contributed by atoms with Crippen molar-refractivity contribution in [1.29, 1.82) is 0 Å². The van der Waals surface area contributed by atoms with Crippen LogP contribution in [0, 0.1) is 5.82 Å². The maximum Gasteiger partial charge on any atom is 0.230 e. The number of para-hydroxylation sites is 1. The second kappa shape index (κ2) is 7.13. The van der Waals surface area contributed by atoms with E-state index < -0.39 is 5.41 Å². The molecule has 0 aromatic heterocycles. The number of benzene rings is 2. The first kappa shape index (κ1) is 17.3. The number of hydrogen-bond acceptors (Lipinski definition) is 3. The Labute approximate surface area is 147 Å². The molecule has 0 atom stereocenters. The fourth-order valence-electron chi connectivity index (χ4n) is 3.17. The molecule has 2 aromatic carbocycles. The highest BCUT2D eigenvalue weighted by molar-refractivity contribution is 5.91. The van der Waals surface area contributed by atoms with E-state index in [2.05, 4.69) is 5.32 Å². The van der Waals surface area contributed by atoms with Crippen molar-refractivity contribution in [2.24, 2.45) is 0 Å². The monoisotopic (exact) mass is 343 g/mol. The van der Waals surface area contributed by atoms with Crippen molar-refractivity contribution in [1.82, 2.24) is 5.32 Å². The van der Waals surface area contributed by atoms with Crippen LogP contribution in [0.5, 0.6) is 11.5 Å². The molecular weight excluding hydrogens is 321 g/mol. The van der Waals surface area contributed by atoms with Crippen LogP contribution in [-0.4, -0.2) is 26.7 Å². The molecule has 25 heavy (non-hydrogen) atoms. The summed E-state index contributed by atoms with van der Waals surface area (Å²) < 4.78 is 23.8. The van der Waals surface area contributed by atoms with Gasteiger partial charge in [0.2, 0.25) is 5.91 Å². The molecule has 1 N–H and O–H groups in total. The Morgan fingerprint density at radius 1 is 1.12 bits per heavy atom. The van der Waals surface area contributed by atoms with Crippen LogP contribution >= 0.6 is 0 Å². The van der Waals surface area contributed by atoms with Crippen LogP contribution in [0.15, 0.2) is 42.5 Å². The summed E-state index contributed by atoms with van der Waals surface area (Å²) in [6.07, 6.45) is 2.24. The summed E-state index contributed by atoms with van der Waals surface area (Å²) in [4.78, 5) is 12.6. The van der Waals surface area contributed by atoms with E-state index in [4.69, 9.17) is 9.47 Å². The zero-order valence-electron chi connectivity index (χ0n) is 14.5. The van der Waals surface area contributed by atoms with Crippen LogP contribution in [0.25, 0.3) is 0 Å². The van der Waals surface area contributed by atoms with Gasteiger partial charge in [0, 0.05) is 6.54 Å². The smallest absolute Gasteiger partial charge is 0.230 e. The van der Waals surface area contributed by atoms with Gasteiger partial charge in [-0.3, -0.25) is 4.79 Å². The van der Waals surface area contributed by atoms with Crippen molar-refractivity contribution in [2.45, 2.75) is 24.7 Å². The minimum absolute atomic E-state index is 0.000899. The molecule has 1 fully saturated rings. The minimum Gasteiger partial charge on any atom is -0.493 e. The lowest BCUT2D eigenvalue weighted by Gasteiger charge is -2.17. The number of ether oxygens (including phenoxy) is 2. The molecule has 0 bridgehead atoms. The molecule has 0 spiro atoms. The summed E-state index contributed by atoms with van der Waals surface area (Å²) >= 11 is 0. The number of halogens is 1. The summed E-state index contributed by atoms with van der Waals surface area (Å²) in [6.45, 7) is 0.505. The Kier molecular flexibility index (Phi) is 4.93. The molecule has 5 heteroatoms. The first-order valence-corrected chi connectivity index (χ1v) is 8.35. The lowest BCUT2D eigenvalue weighted by atomic mass is 9.95. The Bertz CT molecular complexity index is 754. The van der Waals surface area contributed by atoms with E-state index in [1.165, 1.54) is 12.1 Å². The standard InChI is InChI=1S/C20H22FNO3/c1-24-17-5-3-4-14(18(17)25-2)10-13-22-19(23)20(11-12-20)15-6-8-16(21)9-7-15/h3-9H,10-13H2,1-2H3,(H,22,23). The number of rotatable bonds is 7. The third kappa shape index (κ3) is 3.45. The van der Waals surface area contributed by atoms with E-state index in [9.17, 15) is 9.18 Å². The lowest BCUT2D eigenvalue weighted by Crippen LogP contribution is -2.36. The van der Waals surface area contributed by atoms with Crippen LogP contribution < -0.4 is 14.8 Å². The molecule has 4 nitrogen and oxygen atoms in total. The number of carbonyl (C=O) groups excluding carboxylic acids is 1. The average Bonchev–Trinajstić information content (AvgIpc) is 3.43. The molecule has 3 rings (SSSR count). The molecule has 1 aliphatic carbocycles. The molecule has 0 unspecified atom stereocenters. The van der Waals surface area contributed by atoms with Gasteiger partial charge in [0.05, 0.1) is 19.6 Å². The van der Waals surface area contributed by atoms with Gasteiger partial charge in [0.1, 0.15) is 5.82 Å². The Morgan fingerprint density at radius 3 is 2.44 bits per heavy atom. The number of amides is 1. The van der Waals surface area contributed by atoms with Crippen molar-refractivity contribution < 1.29 is 18.7 Å². The van der Waals surface area contributed by atoms with E-state index >= 15 is 0 Å². The largest absolute Gasteiger partial charge is 0.493 e. The molecule has 1 aliphatic rings. The van der Waals surface area contributed by atoms with Crippen LogP contribution in [0.1, 0.15) is 24.0 Å². The molecule has 2 aromatic rings. The third-order valence-corrected chi connectivity index (χ3v) is 4.75. The van der Waals surface area contributed by atoms with E-state index in [0.717, 1.165) is 24.0 Å². The highest BCUT2D eigenvalue weighted by Crippen LogP contribution is 2.48. The number of carbonyl (C=O) groups is 1. The van der Waals surface area contributed by atoms with Crippen molar-refractivity contribution in [3.8, 4) is 11.5 Å². The van der Waals surface area contributed by atoms with Crippen LogP contribution in [0.2, 0.25) is 0 Å². The summed E-state index contributed by atoms with van der Waals surface area (Å²) in [7, 11) is 3.20. The molecule has 1 amide bonds. The number of nitrogens with one attached hydrogen (secondary N) is 1. The van der Waals surface area contributed by atoms with Crippen molar-refractivity contribution in [2.75, 3.05) is 20.8 Å². The fraction of sp³-hybridized carbons (Fsp3) is 0.350. The van der Waals surface area contributed by atoms with Crippen LogP contribution in [-0.2, 0) is 16.6 Å². The summed E-state index contributed by atoms with van der Waals surface area (Å²) in [5.41, 5.74) is 1.37. The maximum absolute atomic E-state index is 13.1. The molecule has 0 heterocycles. The average molecular weight is 343 g/mol. The molecular formula is C20H22FNO3. The normalized spacial score (nSPS) is 14.7. The zero-order valence-corrected chi connectivity index (χ0v) is 14.5. The van der Waals surface area contributed by atoms with Crippen LogP contribution in [0.3, 0.4) is 0 Å². The number of hydrogen-bond donors (Lipinski definition) is 1.